The molecule has 0 spiro atoms. The Morgan fingerprint density at radius 2 is 2.06 bits per heavy atom. The highest BCUT2D eigenvalue weighted by molar-refractivity contribution is 5.88. The van der Waals surface area contributed by atoms with Crippen LogP contribution in [0.2, 0.25) is 0 Å². The molecule has 1 aliphatic rings. The van der Waals surface area contributed by atoms with Gasteiger partial charge in [0.05, 0.1) is 6.04 Å². The first kappa shape index (κ1) is 11.3. The Kier molecular flexibility index (Phi) is 2.78. The zero-order valence-electron chi connectivity index (χ0n) is 10.6. The molecule has 0 aromatic heterocycles. The molecule has 92 valence electrons. The molecule has 2 nitrogen and oxygen atoms in total. The van der Waals surface area contributed by atoms with Crippen molar-refractivity contribution in [2.45, 2.75) is 32.2 Å². The number of fused-ring (bicyclic) bond motifs is 3. The second-order valence-electron chi connectivity index (χ2n) is 5.00. The average molecular weight is 239 g/mol. The molecule has 0 aliphatic heterocycles. The number of amides is 1. The van der Waals surface area contributed by atoms with E-state index in [0.29, 0.717) is 0 Å². The Balaban J connectivity index is 2.18. The summed E-state index contributed by atoms with van der Waals surface area (Å²) in [5, 5.41) is 5.63. The van der Waals surface area contributed by atoms with E-state index in [1.54, 1.807) is 6.92 Å². The Hall–Kier alpha value is -1.83. The van der Waals surface area contributed by atoms with Gasteiger partial charge in [-0.1, -0.05) is 36.4 Å². The maximum absolute atomic E-state index is 11.3. The molecule has 1 N–H and O–H groups in total. The van der Waals surface area contributed by atoms with Crippen LogP contribution in [0.5, 0.6) is 0 Å². The van der Waals surface area contributed by atoms with Gasteiger partial charge < -0.3 is 5.32 Å². The van der Waals surface area contributed by atoms with Crippen molar-refractivity contribution in [3.05, 3.63) is 47.5 Å². The second kappa shape index (κ2) is 4.45. The Morgan fingerprint density at radius 3 is 2.89 bits per heavy atom. The van der Waals surface area contributed by atoms with Gasteiger partial charge in [0.2, 0.25) is 5.91 Å². The summed E-state index contributed by atoms with van der Waals surface area (Å²) in [5.74, 6) is 0.0563. The quantitative estimate of drug-likeness (QED) is 0.812. The third-order valence-corrected chi connectivity index (χ3v) is 3.73. The van der Waals surface area contributed by atoms with E-state index in [1.807, 2.05) is 0 Å². The maximum atomic E-state index is 11.3. The fourth-order valence-corrected chi connectivity index (χ4v) is 3.00. The molecular formula is C16H17NO. The SMILES string of the molecule is CC(=O)NC1CCCc2ccc3ccccc3c21. The van der Waals surface area contributed by atoms with Crippen LogP contribution in [0.3, 0.4) is 0 Å². The van der Waals surface area contributed by atoms with Crippen LogP contribution in [-0.2, 0) is 11.2 Å². The number of nitrogens with one attached hydrogen (secondary N) is 1. The molecule has 0 saturated heterocycles. The lowest BCUT2D eigenvalue weighted by Crippen LogP contribution is -2.29. The summed E-state index contributed by atoms with van der Waals surface area (Å²) >= 11 is 0. The molecule has 0 bridgehead atoms. The monoisotopic (exact) mass is 239 g/mol. The Bertz CT molecular complexity index is 603. The van der Waals surface area contributed by atoms with Crippen molar-refractivity contribution in [3.8, 4) is 0 Å². The molecule has 0 radical (unpaired) electrons. The first-order valence-corrected chi connectivity index (χ1v) is 6.53. The van der Waals surface area contributed by atoms with Gasteiger partial charge in [-0.3, -0.25) is 4.79 Å². The van der Waals surface area contributed by atoms with E-state index in [1.165, 1.54) is 21.9 Å². The predicted octanol–water partition coefficient (Wildman–Crippen LogP) is 3.35. The van der Waals surface area contributed by atoms with E-state index < -0.39 is 0 Å². The third kappa shape index (κ3) is 1.88. The molecule has 1 aliphatic carbocycles. The first-order chi connectivity index (χ1) is 8.75. The van der Waals surface area contributed by atoms with Gasteiger partial charge in [0.1, 0.15) is 0 Å². The van der Waals surface area contributed by atoms with Crippen molar-refractivity contribution in [2.75, 3.05) is 0 Å². The van der Waals surface area contributed by atoms with E-state index in [2.05, 4.69) is 41.7 Å². The lowest BCUT2D eigenvalue weighted by atomic mass is 9.84. The zero-order chi connectivity index (χ0) is 12.5. The minimum atomic E-state index is 0.0563. The highest BCUT2D eigenvalue weighted by Crippen LogP contribution is 2.35. The van der Waals surface area contributed by atoms with E-state index in [0.717, 1.165) is 19.3 Å². The number of carbonyl (C=O) groups excluding carboxylic acids is 1. The topological polar surface area (TPSA) is 29.1 Å². The average Bonchev–Trinajstić information content (AvgIpc) is 2.38. The minimum absolute atomic E-state index is 0.0563. The first-order valence-electron chi connectivity index (χ1n) is 6.53. The fourth-order valence-electron chi connectivity index (χ4n) is 3.00. The highest BCUT2D eigenvalue weighted by atomic mass is 16.1. The molecule has 0 saturated carbocycles. The van der Waals surface area contributed by atoms with Gasteiger partial charge in [0.15, 0.2) is 0 Å². The summed E-state index contributed by atoms with van der Waals surface area (Å²) in [7, 11) is 0. The van der Waals surface area contributed by atoms with Gasteiger partial charge in [-0.25, -0.2) is 0 Å². The maximum Gasteiger partial charge on any atom is 0.217 e. The molecule has 18 heavy (non-hydrogen) atoms. The van der Waals surface area contributed by atoms with Gasteiger partial charge in [0, 0.05) is 6.92 Å². The van der Waals surface area contributed by atoms with Crippen molar-refractivity contribution in [1.29, 1.82) is 0 Å². The number of carbonyl (C=O) groups is 1. The molecule has 2 aromatic carbocycles. The van der Waals surface area contributed by atoms with Crippen LogP contribution in [0.4, 0.5) is 0 Å². The highest BCUT2D eigenvalue weighted by Gasteiger charge is 2.22. The number of hydrogen-bond donors (Lipinski definition) is 1. The van der Waals surface area contributed by atoms with Crippen LogP contribution in [0.15, 0.2) is 36.4 Å². The molecule has 0 fully saturated rings. The third-order valence-electron chi connectivity index (χ3n) is 3.73. The largest absolute Gasteiger partial charge is 0.350 e. The molecule has 3 rings (SSSR count). The van der Waals surface area contributed by atoms with Crippen LogP contribution in [0, 0.1) is 0 Å². The van der Waals surface area contributed by atoms with Gasteiger partial charge in [-0.05, 0) is 41.2 Å². The molecule has 1 unspecified atom stereocenters. The molecular weight excluding hydrogens is 222 g/mol. The van der Waals surface area contributed by atoms with Crippen molar-refractivity contribution < 1.29 is 4.79 Å². The summed E-state index contributed by atoms with van der Waals surface area (Å²) in [6.45, 7) is 1.60. The summed E-state index contributed by atoms with van der Waals surface area (Å²) in [6.07, 6.45) is 3.31. The van der Waals surface area contributed by atoms with Gasteiger partial charge in [0.25, 0.3) is 0 Å². The standard InChI is InChI=1S/C16H17NO/c1-11(18)17-15-8-4-6-13-10-9-12-5-2-3-7-14(12)16(13)15/h2-3,5,7,9-10,15H,4,6,8H2,1H3,(H,17,18). The summed E-state index contributed by atoms with van der Waals surface area (Å²) < 4.78 is 0. The van der Waals surface area contributed by atoms with E-state index in [4.69, 9.17) is 0 Å². The predicted molar refractivity (Wildman–Crippen MR) is 73.4 cm³/mol. The number of hydrogen-bond acceptors (Lipinski definition) is 1. The van der Waals surface area contributed by atoms with Gasteiger partial charge in [-0.15, -0.1) is 0 Å². The number of aryl methyl sites for hydroxylation is 1. The van der Waals surface area contributed by atoms with Crippen LogP contribution in [0.1, 0.15) is 36.9 Å². The molecule has 0 heterocycles. The summed E-state index contributed by atoms with van der Waals surface area (Å²) in [5.41, 5.74) is 2.72. The summed E-state index contributed by atoms with van der Waals surface area (Å²) in [6, 6.07) is 13.0. The van der Waals surface area contributed by atoms with Crippen molar-refractivity contribution in [2.24, 2.45) is 0 Å². The van der Waals surface area contributed by atoms with E-state index >= 15 is 0 Å². The van der Waals surface area contributed by atoms with Crippen molar-refractivity contribution in [3.63, 3.8) is 0 Å². The van der Waals surface area contributed by atoms with Crippen molar-refractivity contribution >= 4 is 16.7 Å². The van der Waals surface area contributed by atoms with Crippen LogP contribution < -0.4 is 5.32 Å². The smallest absolute Gasteiger partial charge is 0.217 e. The molecule has 2 aromatic rings. The van der Waals surface area contributed by atoms with E-state index in [9.17, 15) is 4.79 Å². The van der Waals surface area contributed by atoms with Gasteiger partial charge >= 0.3 is 0 Å². The zero-order valence-corrected chi connectivity index (χ0v) is 10.6. The molecule has 1 atom stereocenters. The Labute approximate surface area is 107 Å². The van der Waals surface area contributed by atoms with E-state index in [-0.39, 0.29) is 11.9 Å². The van der Waals surface area contributed by atoms with Crippen molar-refractivity contribution in [1.82, 2.24) is 5.32 Å². The Morgan fingerprint density at radius 1 is 1.22 bits per heavy atom. The summed E-state index contributed by atoms with van der Waals surface area (Å²) in [4.78, 5) is 11.3. The molecule has 1 amide bonds. The number of benzene rings is 2. The lowest BCUT2D eigenvalue weighted by Gasteiger charge is -2.27. The minimum Gasteiger partial charge on any atom is -0.350 e. The lowest BCUT2D eigenvalue weighted by molar-refractivity contribution is -0.119. The van der Waals surface area contributed by atoms with Gasteiger partial charge in [-0.2, -0.15) is 0 Å². The fraction of sp³-hybridized carbons (Fsp3) is 0.312. The second-order valence-corrected chi connectivity index (χ2v) is 5.00. The molecule has 2 heteroatoms. The number of rotatable bonds is 1. The van der Waals surface area contributed by atoms with Crippen LogP contribution in [0.25, 0.3) is 10.8 Å². The van der Waals surface area contributed by atoms with Crippen LogP contribution >= 0.6 is 0 Å². The van der Waals surface area contributed by atoms with Crippen LogP contribution in [-0.4, -0.2) is 5.91 Å². The normalized spacial score (nSPS) is 18.4.